The van der Waals surface area contributed by atoms with Crippen LogP contribution in [0.3, 0.4) is 0 Å². The van der Waals surface area contributed by atoms with Gasteiger partial charge in [0.05, 0.1) is 22.4 Å². The van der Waals surface area contributed by atoms with Gasteiger partial charge in [0, 0.05) is 13.0 Å². The van der Waals surface area contributed by atoms with E-state index in [1.54, 1.807) is 12.1 Å². The number of carbonyl (C=O) groups is 1. The molecule has 1 fully saturated rings. The van der Waals surface area contributed by atoms with Gasteiger partial charge in [-0.1, -0.05) is 40.7 Å². The summed E-state index contributed by atoms with van der Waals surface area (Å²) in [4.78, 5) is 17.6. The first-order chi connectivity index (χ1) is 17.1. The van der Waals surface area contributed by atoms with Crippen LogP contribution in [-0.2, 0) is 12.8 Å². The minimum absolute atomic E-state index is 0.0161. The van der Waals surface area contributed by atoms with Crippen LogP contribution in [0.1, 0.15) is 92.0 Å². The lowest BCUT2D eigenvalue weighted by Gasteiger charge is -2.34. The third-order valence-corrected chi connectivity index (χ3v) is 6.48. The highest BCUT2D eigenvalue weighted by Gasteiger charge is 2.33. The molecule has 7 heteroatoms. The standard InChI is InChI=1S/C27H38N4O3/c1-7-23-30-24(25(32)29-17-27(33)12-10-18(2)11-13-27)21(16-28)31(23)20-9-8-19(14-22(20)34-6)15-26(3,4)5/h8-9,14,18,33H,7,10-13,15,17H2,1-6H3,(H,29,32)/i6D3. The van der Waals surface area contributed by atoms with Crippen molar-refractivity contribution in [3.05, 3.63) is 41.0 Å². The molecule has 1 aromatic carbocycles. The predicted octanol–water partition coefficient (Wildman–Crippen LogP) is 4.57. The molecule has 0 aliphatic heterocycles. The van der Waals surface area contributed by atoms with Gasteiger partial charge in [-0.15, -0.1) is 0 Å². The first-order valence-electron chi connectivity index (χ1n) is 13.5. The van der Waals surface area contributed by atoms with E-state index < -0.39 is 18.5 Å². The number of amides is 1. The number of imidazole rings is 1. The average molecular weight is 470 g/mol. The highest BCUT2D eigenvalue weighted by atomic mass is 16.5. The molecule has 1 saturated carbocycles. The van der Waals surface area contributed by atoms with Crippen LogP contribution in [0.4, 0.5) is 0 Å². The lowest BCUT2D eigenvalue weighted by Crippen LogP contribution is -2.45. The van der Waals surface area contributed by atoms with Gasteiger partial charge in [-0.3, -0.25) is 9.36 Å². The molecule has 7 nitrogen and oxygen atoms in total. The molecule has 0 bridgehead atoms. The minimum atomic E-state index is -2.71. The smallest absolute Gasteiger partial charge is 0.273 e. The molecule has 2 N–H and O–H groups in total. The fraction of sp³-hybridized carbons (Fsp3) is 0.593. The largest absolute Gasteiger partial charge is 0.495 e. The van der Waals surface area contributed by atoms with E-state index in [0.29, 0.717) is 43.1 Å². The maximum atomic E-state index is 13.1. The third kappa shape index (κ3) is 5.79. The second-order valence-electron chi connectivity index (χ2n) is 10.8. The van der Waals surface area contributed by atoms with Gasteiger partial charge in [0.25, 0.3) is 5.91 Å². The summed E-state index contributed by atoms with van der Waals surface area (Å²) in [7, 11) is -2.71. The van der Waals surface area contributed by atoms with E-state index in [1.807, 2.05) is 13.0 Å². The van der Waals surface area contributed by atoms with Crippen molar-refractivity contribution in [2.24, 2.45) is 11.3 Å². The molecule has 1 aromatic heterocycles. The molecule has 1 aliphatic carbocycles. The molecular weight excluding hydrogens is 428 g/mol. The Labute approximate surface area is 207 Å². The second-order valence-corrected chi connectivity index (χ2v) is 10.8. The molecule has 1 heterocycles. The Morgan fingerprint density at radius 1 is 1.41 bits per heavy atom. The number of ether oxygens (including phenoxy) is 1. The zero-order valence-electron chi connectivity index (χ0n) is 23.9. The fourth-order valence-electron chi connectivity index (χ4n) is 4.58. The van der Waals surface area contributed by atoms with Crippen LogP contribution in [0.15, 0.2) is 18.2 Å². The summed E-state index contributed by atoms with van der Waals surface area (Å²) in [5.41, 5.74) is 0.123. The fourth-order valence-corrected chi connectivity index (χ4v) is 4.58. The van der Waals surface area contributed by atoms with Crippen molar-refractivity contribution in [1.82, 2.24) is 14.9 Å². The van der Waals surface area contributed by atoms with Crippen molar-refractivity contribution in [3.8, 4) is 17.5 Å². The van der Waals surface area contributed by atoms with E-state index in [1.165, 1.54) is 4.57 Å². The molecule has 0 unspecified atom stereocenters. The number of aliphatic hydroxyl groups is 1. The number of nitrogens with zero attached hydrogens (tertiary/aromatic N) is 3. The summed E-state index contributed by atoms with van der Waals surface area (Å²) in [6.45, 7) is 10.3. The van der Waals surface area contributed by atoms with E-state index in [0.717, 1.165) is 18.4 Å². The Kier molecular flexibility index (Phi) is 6.49. The van der Waals surface area contributed by atoms with Gasteiger partial charge in [0.15, 0.2) is 11.4 Å². The number of hydrogen-bond donors (Lipinski definition) is 2. The summed E-state index contributed by atoms with van der Waals surface area (Å²) in [6.07, 6.45) is 4.07. The van der Waals surface area contributed by atoms with E-state index in [2.05, 4.69) is 44.1 Å². The zero-order valence-corrected chi connectivity index (χ0v) is 20.9. The van der Waals surface area contributed by atoms with Crippen LogP contribution in [0.5, 0.6) is 5.75 Å². The third-order valence-electron chi connectivity index (χ3n) is 6.48. The molecule has 0 atom stereocenters. The zero-order chi connectivity index (χ0) is 27.6. The van der Waals surface area contributed by atoms with Gasteiger partial charge in [-0.25, -0.2) is 4.98 Å². The molecule has 0 spiro atoms. The molecule has 184 valence electrons. The number of hydrogen-bond acceptors (Lipinski definition) is 5. The van der Waals surface area contributed by atoms with Gasteiger partial charge in [-0.05, 0) is 61.1 Å². The molecule has 34 heavy (non-hydrogen) atoms. The number of nitrogens with one attached hydrogen (secondary N) is 1. The SMILES string of the molecule is [2H]C([2H])([2H])Oc1cc(CC(C)(C)C)ccc1-n1c(CC)nc(C(=O)NCC2(O)CCC(C)CC2)c1C#N. The first-order valence-corrected chi connectivity index (χ1v) is 12.0. The Bertz CT molecular complexity index is 1170. The van der Waals surface area contributed by atoms with Crippen molar-refractivity contribution in [3.63, 3.8) is 0 Å². The van der Waals surface area contributed by atoms with E-state index >= 15 is 0 Å². The number of benzene rings is 1. The number of methoxy groups -OCH3 is 1. The van der Waals surface area contributed by atoms with Crippen LogP contribution in [0, 0.1) is 22.7 Å². The highest BCUT2D eigenvalue weighted by molar-refractivity contribution is 5.94. The lowest BCUT2D eigenvalue weighted by atomic mass is 9.79. The summed E-state index contributed by atoms with van der Waals surface area (Å²) in [6, 6.07) is 7.32. The number of rotatable bonds is 7. The summed E-state index contributed by atoms with van der Waals surface area (Å²) in [5, 5.41) is 23.7. The van der Waals surface area contributed by atoms with E-state index in [4.69, 9.17) is 8.85 Å². The maximum Gasteiger partial charge on any atom is 0.273 e. The Hall–Kier alpha value is -2.85. The molecule has 1 aliphatic rings. The number of nitriles is 1. The quantitative estimate of drug-likeness (QED) is 0.618. The van der Waals surface area contributed by atoms with Crippen molar-refractivity contribution in [2.75, 3.05) is 13.6 Å². The summed E-state index contributed by atoms with van der Waals surface area (Å²) in [5.74, 6) is 0.499. The van der Waals surface area contributed by atoms with Crippen molar-refractivity contribution >= 4 is 5.91 Å². The van der Waals surface area contributed by atoms with Crippen LogP contribution in [0.25, 0.3) is 5.69 Å². The number of aromatic nitrogens is 2. The topological polar surface area (TPSA) is 100 Å². The summed E-state index contributed by atoms with van der Waals surface area (Å²) >= 11 is 0. The van der Waals surface area contributed by atoms with Gasteiger partial charge in [0.1, 0.15) is 17.6 Å². The minimum Gasteiger partial charge on any atom is -0.495 e. The Morgan fingerprint density at radius 3 is 2.71 bits per heavy atom. The Morgan fingerprint density at radius 2 is 2.12 bits per heavy atom. The van der Waals surface area contributed by atoms with E-state index in [9.17, 15) is 15.2 Å². The molecule has 0 saturated heterocycles. The van der Waals surface area contributed by atoms with Crippen LogP contribution < -0.4 is 10.1 Å². The monoisotopic (exact) mass is 469 g/mol. The highest BCUT2D eigenvalue weighted by Crippen LogP contribution is 2.32. The Balaban J connectivity index is 2.00. The second kappa shape index (κ2) is 10.2. The molecular formula is C27H38N4O3. The lowest BCUT2D eigenvalue weighted by molar-refractivity contribution is -0.00543. The maximum absolute atomic E-state index is 13.1. The van der Waals surface area contributed by atoms with Gasteiger partial charge in [-0.2, -0.15) is 5.26 Å². The van der Waals surface area contributed by atoms with Crippen molar-refractivity contribution in [2.45, 2.75) is 78.7 Å². The van der Waals surface area contributed by atoms with Gasteiger partial charge < -0.3 is 15.2 Å². The van der Waals surface area contributed by atoms with Crippen molar-refractivity contribution < 1.29 is 18.8 Å². The summed E-state index contributed by atoms with van der Waals surface area (Å²) < 4.78 is 29.9. The van der Waals surface area contributed by atoms with Crippen LogP contribution in [-0.4, -0.2) is 39.7 Å². The van der Waals surface area contributed by atoms with Crippen molar-refractivity contribution in [1.29, 1.82) is 5.26 Å². The average Bonchev–Trinajstić information content (AvgIpc) is 3.16. The molecule has 3 rings (SSSR count). The number of carbonyl (C=O) groups excluding carboxylic acids is 1. The predicted molar refractivity (Wildman–Crippen MR) is 132 cm³/mol. The van der Waals surface area contributed by atoms with Crippen LogP contribution >= 0.6 is 0 Å². The van der Waals surface area contributed by atoms with Crippen LogP contribution in [0.2, 0.25) is 0 Å². The van der Waals surface area contributed by atoms with E-state index in [-0.39, 0.29) is 29.1 Å². The number of aryl methyl sites for hydroxylation is 1. The first kappa shape index (κ1) is 21.7. The molecule has 0 radical (unpaired) electrons. The molecule has 2 aromatic rings. The van der Waals surface area contributed by atoms with Gasteiger partial charge >= 0.3 is 0 Å². The van der Waals surface area contributed by atoms with Gasteiger partial charge in [0.2, 0.25) is 0 Å². The normalized spacial score (nSPS) is 22.3. The molecule has 1 amide bonds.